The number of ether oxygens (including phenoxy) is 3. The number of aliphatic hydroxyl groups excluding tert-OH is 3. The number of aliphatic hydroxyl groups is 3. The van der Waals surface area contributed by atoms with Gasteiger partial charge in [-0.25, -0.2) is 18.4 Å². The average Bonchev–Trinajstić information content (AvgIpc) is 3.46. The molecule has 298 valence electrons. The molecule has 3 fully saturated rings. The fourth-order valence-corrected chi connectivity index (χ4v) is 6.93. The molecule has 3 saturated heterocycles. The number of morpholine rings is 1. The number of aliphatic carboxylic acids is 1. The van der Waals surface area contributed by atoms with Crippen LogP contribution in [0.3, 0.4) is 0 Å². The highest BCUT2D eigenvalue weighted by Gasteiger charge is 2.55. The van der Waals surface area contributed by atoms with Crippen LogP contribution < -0.4 is 10.6 Å². The minimum absolute atomic E-state index is 0.0526. The molecule has 53 heavy (non-hydrogen) atoms. The first-order chi connectivity index (χ1) is 24.5. The lowest BCUT2D eigenvalue weighted by Crippen LogP contribution is -2.68. The third kappa shape index (κ3) is 9.71. The Balaban J connectivity index is 1.50. The highest BCUT2D eigenvalue weighted by molar-refractivity contribution is 5.94. The lowest BCUT2D eigenvalue weighted by Gasteiger charge is -2.49. The Hall–Kier alpha value is -3.69. The van der Waals surface area contributed by atoms with E-state index in [1.165, 1.54) is 4.90 Å². The minimum Gasteiger partial charge on any atom is -0.479 e. The molecule has 3 amide bonds. The van der Waals surface area contributed by atoms with Gasteiger partial charge in [0.05, 0.1) is 37.0 Å². The lowest BCUT2D eigenvalue weighted by atomic mass is 9.81. The number of hydrogen-bond donors (Lipinski definition) is 6. The van der Waals surface area contributed by atoms with E-state index in [1.54, 1.807) is 20.8 Å². The molecule has 1 aromatic rings. The molecule has 1 aromatic carbocycles. The topological polar surface area (TPSA) is 207 Å². The van der Waals surface area contributed by atoms with Crippen molar-refractivity contribution in [2.75, 3.05) is 45.9 Å². The molecule has 0 radical (unpaired) electrons. The van der Waals surface area contributed by atoms with E-state index in [4.69, 9.17) is 14.2 Å². The predicted octanol–water partition coefficient (Wildman–Crippen LogP) is 1.02. The first kappa shape index (κ1) is 42.1. The SMILES string of the molecule is CC(=O)N[C@H]1[C@H]([C@H](O)[C@H](O)CNC(=O)c2cc(F)c(C(F)(F)F)c(F)c2)O[C@@](CCN2CCOC[C@@]23CCN(C(=O)OC(C)(C)C)C3)(C(=O)O)C[C@@H]1O. The van der Waals surface area contributed by atoms with Crippen LogP contribution in [0.25, 0.3) is 0 Å². The Morgan fingerprint density at radius 1 is 1.09 bits per heavy atom. The Morgan fingerprint density at radius 2 is 1.74 bits per heavy atom. The predicted molar refractivity (Wildman–Crippen MR) is 171 cm³/mol. The standard InChI is InChI=1S/C33H45F5N4O11/c1-17(43)40-24-21(44)13-32(28(48)49,6-8-42-9-10-51-16-31(42)5-7-41(15-31)29(50)53-30(2,3)4)52-26(24)25(46)22(45)14-39-27(47)18-11-19(34)23(20(35)12-18)33(36,37)38/h11-12,21-22,24-26,44-46H,5-10,13-16H2,1-4H3,(H,39,47)(H,40,43)(H,48,49)/t21-,22+,24+,25+,26+,31-,32+/m0/s1. The lowest BCUT2D eigenvalue weighted by molar-refractivity contribution is -0.231. The molecule has 7 atom stereocenters. The van der Waals surface area contributed by atoms with Gasteiger partial charge in [0.25, 0.3) is 5.91 Å². The van der Waals surface area contributed by atoms with Crippen molar-refractivity contribution in [1.82, 2.24) is 20.4 Å². The summed E-state index contributed by atoms with van der Waals surface area (Å²) in [7, 11) is 0. The number of nitrogens with one attached hydrogen (secondary N) is 2. The van der Waals surface area contributed by atoms with Crippen molar-refractivity contribution < 1.29 is 75.8 Å². The van der Waals surface area contributed by atoms with Gasteiger partial charge in [-0.05, 0) is 39.3 Å². The van der Waals surface area contributed by atoms with Gasteiger partial charge in [0.1, 0.15) is 35.0 Å². The van der Waals surface area contributed by atoms with Gasteiger partial charge in [-0.1, -0.05) is 0 Å². The smallest absolute Gasteiger partial charge is 0.422 e. The number of alkyl halides is 3. The van der Waals surface area contributed by atoms with Crippen molar-refractivity contribution in [3.8, 4) is 0 Å². The molecule has 6 N–H and O–H groups in total. The minimum atomic E-state index is -5.38. The van der Waals surface area contributed by atoms with Crippen LogP contribution in [0.1, 0.15) is 62.9 Å². The van der Waals surface area contributed by atoms with Crippen LogP contribution in [-0.2, 0) is 30.0 Å². The highest BCUT2D eigenvalue weighted by atomic mass is 19.4. The summed E-state index contributed by atoms with van der Waals surface area (Å²) >= 11 is 0. The van der Waals surface area contributed by atoms with Gasteiger partial charge < -0.3 is 50.2 Å². The quantitative estimate of drug-likeness (QED) is 0.185. The summed E-state index contributed by atoms with van der Waals surface area (Å²) in [4.78, 5) is 53.8. The molecule has 0 bridgehead atoms. The van der Waals surface area contributed by atoms with E-state index < -0.39 is 113 Å². The molecule has 20 heteroatoms. The molecule has 3 aliphatic rings. The maximum Gasteiger partial charge on any atom is 0.422 e. The number of benzene rings is 1. The Bertz CT molecular complexity index is 1520. The third-order valence-electron chi connectivity index (χ3n) is 9.54. The maximum atomic E-state index is 14.0. The monoisotopic (exact) mass is 768 g/mol. The number of carbonyl (C=O) groups excluding carboxylic acids is 3. The van der Waals surface area contributed by atoms with Crippen LogP contribution in [0, 0.1) is 11.6 Å². The first-order valence-electron chi connectivity index (χ1n) is 16.9. The molecule has 3 aliphatic heterocycles. The number of halogens is 5. The van der Waals surface area contributed by atoms with E-state index in [-0.39, 0.29) is 38.2 Å². The largest absolute Gasteiger partial charge is 0.479 e. The van der Waals surface area contributed by atoms with E-state index in [0.717, 1.165) is 6.92 Å². The van der Waals surface area contributed by atoms with Crippen LogP contribution in [0.2, 0.25) is 0 Å². The van der Waals surface area contributed by atoms with Crippen LogP contribution in [0.15, 0.2) is 12.1 Å². The fourth-order valence-electron chi connectivity index (χ4n) is 6.93. The van der Waals surface area contributed by atoms with E-state index in [0.29, 0.717) is 26.1 Å². The molecule has 0 aromatic heterocycles. The zero-order chi connectivity index (χ0) is 39.7. The maximum absolute atomic E-state index is 14.0. The molecule has 4 rings (SSSR count). The highest BCUT2D eigenvalue weighted by Crippen LogP contribution is 2.38. The van der Waals surface area contributed by atoms with E-state index in [9.17, 15) is 61.6 Å². The second-order valence-corrected chi connectivity index (χ2v) is 14.6. The van der Waals surface area contributed by atoms with Crippen molar-refractivity contribution in [1.29, 1.82) is 0 Å². The number of carboxylic acids is 1. The van der Waals surface area contributed by atoms with Crippen LogP contribution in [-0.4, -0.2) is 147 Å². The van der Waals surface area contributed by atoms with Gasteiger partial charge in [-0.3, -0.25) is 14.5 Å². The molecule has 3 heterocycles. The van der Waals surface area contributed by atoms with Crippen molar-refractivity contribution in [3.05, 3.63) is 34.9 Å². The van der Waals surface area contributed by atoms with Crippen molar-refractivity contribution in [2.45, 2.75) is 100 Å². The molecule has 0 aliphatic carbocycles. The fraction of sp³-hybridized carbons (Fsp3) is 0.697. The Morgan fingerprint density at radius 3 is 2.30 bits per heavy atom. The molecular formula is C33H45F5N4O11. The number of carboxylic acid groups (broad SMARTS) is 1. The summed E-state index contributed by atoms with van der Waals surface area (Å²) in [6.07, 6.45) is -13.9. The van der Waals surface area contributed by atoms with Crippen molar-refractivity contribution in [3.63, 3.8) is 0 Å². The summed E-state index contributed by atoms with van der Waals surface area (Å²) in [6, 6.07) is -1.19. The first-order valence-corrected chi connectivity index (χ1v) is 16.9. The Kier molecular flexibility index (Phi) is 12.7. The summed E-state index contributed by atoms with van der Waals surface area (Å²) in [5, 5.41) is 48.1. The molecule has 0 unspecified atom stereocenters. The number of rotatable bonds is 10. The Labute approximate surface area is 301 Å². The van der Waals surface area contributed by atoms with E-state index in [1.807, 2.05) is 10.2 Å². The van der Waals surface area contributed by atoms with Gasteiger partial charge in [-0.15, -0.1) is 0 Å². The molecular weight excluding hydrogens is 723 g/mol. The van der Waals surface area contributed by atoms with Gasteiger partial charge in [0.2, 0.25) is 5.91 Å². The van der Waals surface area contributed by atoms with Crippen LogP contribution >= 0.6 is 0 Å². The van der Waals surface area contributed by atoms with Gasteiger partial charge in [0, 0.05) is 58.1 Å². The summed E-state index contributed by atoms with van der Waals surface area (Å²) in [6.45, 7) is 6.90. The van der Waals surface area contributed by atoms with Crippen LogP contribution in [0.4, 0.5) is 26.7 Å². The normalized spacial score (nSPS) is 28.0. The van der Waals surface area contributed by atoms with E-state index >= 15 is 0 Å². The van der Waals surface area contributed by atoms with Gasteiger partial charge in [-0.2, -0.15) is 13.2 Å². The number of carbonyl (C=O) groups is 4. The zero-order valence-corrected chi connectivity index (χ0v) is 29.5. The number of hydrogen-bond acceptors (Lipinski definition) is 11. The number of nitrogens with zero attached hydrogens (tertiary/aromatic N) is 2. The molecule has 1 spiro atoms. The van der Waals surface area contributed by atoms with Gasteiger partial charge in [0.15, 0.2) is 5.60 Å². The third-order valence-corrected chi connectivity index (χ3v) is 9.54. The van der Waals surface area contributed by atoms with Crippen molar-refractivity contribution >= 4 is 23.9 Å². The van der Waals surface area contributed by atoms with Crippen molar-refractivity contribution in [2.24, 2.45) is 0 Å². The summed E-state index contributed by atoms with van der Waals surface area (Å²) in [5.74, 6) is -7.70. The second-order valence-electron chi connectivity index (χ2n) is 14.6. The summed E-state index contributed by atoms with van der Waals surface area (Å²) in [5.41, 5.74) is -6.72. The molecule has 15 nitrogen and oxygen atoms in total. The molecule has 0 saturated carbocycles. The average molecular weight is 769 g/mol. The number of likely N-dealkylation sites (tertiary alicyclic amines) is 1. The van der Waals surface area contributed by atoms with E-state index in [2.05, 4.69) is 5.32 Å². The second kappa shape index (κ2) is 16.0. The van der Waals surface area contributed by atoms with Gasteiger partial charge >= 0.3 is 18.2 Å². The summed E-state index contributed by atoms with van der Waals surface area (Å²) < 4.78 is 84.2. The number of amides is 3. The van der Waals surface area contributed by atoms with Crippen LogP contribution in [0.5, 0.6) is 0 Å². The zero-order valence-electron chi connectivity index (χ0n) is 29.5.